The molecule has 0 unspecified atom stereocenters. The van der Waals surface area contributed by atoms with Crippen LogP contribution in [0.2, 0.25) is 0 Å². The zero-order chi connectivity index (χ0) is 23.7. The summed E-state index contributed by atoms with van der Waals surface area (Å²) in [6.45, 7) is 4.32. The largest absolute Gasteiger partial charge is 0.453 e. The number of carbonyl (C=O) groups is 2. The highest BCUT2D eigenvalue weighted by Gasteiger charge is 2.19. The van der Waals surface area contributed by atoms with Crippen molar-refractivity contribution in [3.8, 4) is 23.0 Å². The van der Waals surface area contributed by atoms with E-state index in [0.29, 0.717) is 24.3 Å². The first kappa shape index (κ1) is 26.4. The molecule has 0 aliphatic carbocycles. The number of esters is 2. The molecule has 0 saturated heterocycles. The van der Waals surface area contributed by atoms with Crippen LogP contribution in [-0.2, 0) is 9.59 Å². The minimum absolute atomic E-state index is 0.152. The molecule has 0 fully saturated rings. The summed E-state index contributed by atoms with van der Waals surface area (Å²) in [5.41, 5.74) is 0. The van der Waals surface area contributed by atoms with Gasteiger partial charge in [0.1, 0.15) is 5.75 Å². The van der Waals surface area contributed by atoms with E-state index in [2.05, 4.69) is 13.8 Å². The molecule has 5 nitrogen and oxygen atoms in total. The van der Waals surface area contributed by atoms with Gasteiger partial charge >= 0.3 is 11.9 Å². The van der Waals surface area contributed by atoms with Crippen molar-refractivity contribution < 1.29 is 23.8 Å². The van der Waals surface area contributed by atoms with Crippen molar-refractivity contribution in [3.05, 3.63) is 48.5 Å². The molecule has 0 radical (unpaired) electrons. The van der Waals surface area contributed by atoms with Gasteiger partial charge in [0.2, 0.25) is 5.75 Å². The van der Waals surface area contributed by atoms with Gasteiger partial charge in [0.05, 0.1) is 0 Å². The summed E-state index contributed by atoms with van der Waals surface area (Å²) >= 11 is 0. The lowest BCUT2D eigenvalue weighted by Crippen LogP contribution is -2.12. The lowest BCUT2D eigenvalue weighted by atomic mass is 10.1. The Bertz CT molecular complexity index is 831. The van der Waals surface area contributed by atoms with Gasteiger partial charge in [-0.2, -0.15) is 0 Å². The number of benzene rings is 2. The highest BCUT2D eigenvalue weighted by atomic mass is 16.6. The Balaban J connectivity index is 2.07. The van der Waals surface area contributed by atoms with Gasteiger partial charge in [0, 0.05) is 12.8 Å². The highest BCUT2D eigenvalue weighted by molar-refractivity contribution is 5.77. The molecule has 0 spiro atoms. The molecule has 180 valence electrons. The van der Waals surface area contributed by atoms with E-state index < -0.39 is 0 Å². The predicted molar refractivity (Wildman–Crippen MR) is 131 cm³/mol. The molecule has 0 aliphatic heterocycles. The molecule has 0 atom stereocenters. The van der Waals surface area contributed by atoms with Crippen LogP contribution in [0.3, 0.4) is 0 Å². The van der Waals surface area contributed by atoms with Crippen molar-refractivity contribution in [1.29, 1.82) is 0 Å². The van der Waals surface area contributed by atoms with E-state index >= 15 is 0 Å². The molecule has 0 N–H and O–H groups in total. The summed E-state index contributed by atoms with van der Waals surface area (Å²) in [5, 5.41) is 0. The van der Waals surface area contributed by atoms with E-state index in [-0.39, 0.29) is 23.4 Å². The average molecular weight is 455 g/mol. The summed E-state index contributed by atoms with van der Waals surface area (Å²) in [6.07, 6.45) is 11.1. The predicted octanol–water partition coefficient (Wildman–Crippen LogP) is 8.01. The molecule has 0 aliphatic rings. The monoisotopic (exact) mass is 454 g/mol. The molecule has 0 heterocycles. The Morgan fingerprint density at radius 3 is 1.76 bits per heavy atom. The second kappa shape index (κ2) is 15.9. The van der Waals surface area contributed by atoms with Gasteiger partial charge in [0.25, 0.3) is 0 Å². The van der Waals surface area contributed by atoms with Crippen molar-refractivity contribution in [2.75, 3.05) is 0 Å². The lowest BCUT2D eigenvalue weighted by molar-refractivity contribution is -0.137. The van der Waals surface area contributed by atoms with Crippen LogP contribution in [0.25, 0.3) is 0 Å². The van der Waals surface area contributed by atoms with Crippen molar-refractivity contribution >= 4 is 11.9 Å². The third-order valence-electron chi connectivity index (χ3n) is 5.32. The van der Waals surface area contributed by atoms with Crippen LogP contribution in [-0.4, -0.2) is 11.9 Å². The van der Waals surface area contributed by atoms with E-state index in [4.69, 9.17) is 14.2 Å². The van der Waals surface area contributed by atoms with Crippen molar-refractivity contribution in [3.63, 3.8) is 0 Å². The van der Waals surface area contributed by atoms with Crippen LogP contribution in [0.4, 0.5) is 0 Å². The molecule has 0 aromatic heterocycles. The van der Waals surface area contributed by atoms with Crippen LogP contribution < -0.4 is 14.2 Å². The first-order valence-electron chi connectivity index (χ1n) is 12.4. The van der Waals surface area contributed by atoms with Crippen molar-refractivity contribution in [2.24, 2.45) is 0 Å². The van der Waals surface area contributed by atoms with E-state index in [0.717, 1.165) is 51.4 Å². The topological polar surface area (TPSA) is 61.8 Å². The van der Waals surface area contributed by atoms with E-state index in [1.165, 1.54) is 12.8 Å². The van der Waals surface area contributed by atoms with Crippen LogP contribution in [0.15, 0.2) is 48.5 Å². The fraction of sp³-hybridized carbons (Fsp3) is 0.500. The van der Waals surface area contributed by atoms with Crippen LogP contribution >= 0.6 is 0 Å². The second-order valence-electron chi connectivity index (χ2n) is 8.28. The van der Waals surface area contributed by atoms with E-state index in [1.807, 2.05) is 30.3 Å². The molecular weight excluding hydrogens is 416 g/mol. The molecule has 5 heteroatoms. The SMILES string of the molecule is CCCCCCCC(=O)Oc1cccc(Oc2ccccc2)c1OC(=O)CCCCCCC. The minimum Gasteiger partial charge on any atom is -0.453 e. The maximum absolute atomic E-state index is 12.5. The Kier molecular flexibility index (Phi) is 12.7. The molecule has 0 bridgehead atoms. The Morgan fingerprint density at radius 1 is 0.606 bits per heavy atom. The quantitative estimate of drug-likeness (QED) is 0.146. The number of unbranched alkanes of at least 4 members (excludes halogenated alkanes) is 8. The first-order valence-corrected chi connectivity index (χ1v) is 12.4. The van der Waals surface area contributed by atoms with Crippen LogP contribution in [0, 0.1) is 0 Å². The zero-order valence-corrected chi connectivity index (χ0v) is 20.1. The number of hydrogen-bond acceptors (Lipinski definition) is 5. The molecule has 2 aromatic carbocycles. The van der Waals surface area contributed by atoms with Crippen molar-refractivity contribution in [1.82, 2.24) is 0 Å². The van der Waals surface area contributed by atoms with Gasteiger partial charge in [0.15, 0.2) is 11.5 Å². The van der Waals surface area contributed by atoms with Crippen molar-refractivity contribution in [2.45, 2.75) is 90.9 Å². The summed E-state index contributed by atoms with van der Waals surface area (Å²) in [5.74, 6) is 0.621. The fourth-order valence-corrected chi connectivity index (χ4v) is 3.46. The van der Waals surface area contributed by atoms with Gasteiger partial charge in [-0.1, -0.05) is 89.5 Å². The maximum atomic E-state index is 12.5. The first-order chi connectivity index (χ1) is 16.1. The number of carbonyl (C=O) groups excluding carboxylic acids is 2. The minimum atomic E-state index is -0.354. The lowest BCUT2D eigenvalue weighted by Gasteiger charge is -2.15. The Hall–Kier alpha value is -2.82. The number of para-hydroxylation sites is 2. The van der Waals surface area contributed by atoms with Gasteiger partial charge in [-0.05, 0) is 37.1 Å². The van der Waals surface area contributed by atoms with E-state index in [1.54, 1.807) is 18.2 Å². The number of rotatable bonds is 16. The fourth-order valence-electron chi connectivity index (χ4n) is 3.46. The van der Waals surface area contributed by atoms with Gasteiger partial charge < -0.3 is 14.2 Å². The smallest absolute Gasteiger partial charge is 0.311 e. The summed E-state index contributed by atoms with van der Waals surface area (Å²) in [6, 6.07) is 14.3. The molecule has 0 saturated carbocycles. The van der Waals surface area contributed by atoms with Gasteiger partial charge in [-0.25, -0.2) is 0 Å². The van der Waals surface area contributed by atoms with Crippen LogP contribution in [0.1, 0.15) is 90.9 Å². The second-order valence-corrected chi connectivity index (χ2v) is 8.28. The Labute approximate surface area is 198 Å². The standard InChI is InChI=1S/C28H38O5/c1-3-5-7-9-14-21-26(29)32-25-20-16-19-24(31-23-17-12-11-13-18-23)28(25)33-27(30)22-15-10-8-6-4-2/h11-13,16-20H,3-10,14-15,21-22H2,1-2H3. The number of hydrogen-bond donors (Lipinski definition) is 0. The molecular formula is C28H38O5. The van der Waals surface area contributed by atoms with Crippen LogP contribution in [0.5, 0.6) is 23.0 Å². The van der Waals surface area contributed by atoms with Gasteiger partial charge in [-0.3, -0.25) is 9.59 Å². The van der Waals surface area contributed by atoms with E-state index in [9.17, 15) is 9.59 Å². The third-order valence-corrected chi connectivity index (χ3v) is 5.32. The zero-order valence-electron chi connectivity index (χ0n) is 20.1. The number of ether oxygens (including phenoxy) is 3. The molecule has 33 heavy (non-hydrogen) atoms. The third kappa shape index (κ3) is 10.6. The average Bonchev–Trinajstić information content (AvgIpc) is 2.81. The summed E-state index contributed by atoms with van der Waals surface area (Å²) in [4.78, 5) is 25.0. The molecule has 0 amide bonds. The molecule has 2 aromatic rings. The molecule has 2 rings (SSSR count). The van der Waals surface area contributed by atoms with Gasteiger partial charge in [-0.15, -0.1) is 0 Å². The highest BCUT2D eigenvalue weighted by Crippen LogP contribution is 2.40. The Morgan fingerprint density at radius 2 is 1.15 bits per heavy atom. The summed E-state index contributed by atoms with van der Waals surface area (Å²) in [7, 11) is 0. The summed E-state index contributed by atoms with van der Waals surface area (Å²) < 4.78 is 17.2. The normalized spacial score (nSPS) is 10.6. The maximum Gasteiger partial charge on any atom is 0.311 e.